The second-order valence-corrected chi connectivity index (χ2v) is 4.87. The third kappa shape index (κ3) is 2.95. The van der Waals surface area contributed by atoms with E-state index in [1.807, 2.05) is 0 Å². The maximum Gasteiger partial charge on any atom is 0.303 e. The van der Waals surface area contributed by atoms with Crippen molar-refractivity contribution in [3.63, 3.8) is 0 Å². The number of nitrogens with zero attached hydrogens (tertiary/aromatic N) is 1. The lowest BCUT2D eigenvalue weighted by molar-refractivity contribution is -0.138. The molecular formula is C8H11NO3S2. The minimum absolute atomic E-state index is 0.0164. The van der Waals surface area contributed by atoms with Crippen molar-refractivity contribution in [3.8, 4) is 0 Å². The molecule has 0 bridgehead atoms. The fourth-order valence-corrected chi connectivity index (χ4v) is 2.32. The van der Waals surface area contributed by atoms with Gasteiger partial charge in [0.15, 0.2) is 0 Å². The van der Waals surface area contributed by atoms with E-state index in [2.05, 4.69) is 0 Å². The Morgan fingerprint density at radius 2 is 2.43 bits per heavy atom. The summed E-state index contributed by atoms with van der Waals surface area (Å²) in [6, 6.07) is 0. The van der Waals surface area contributed by atoms with Crippen LogP contribution in [0.5, 0.6) is 0 Å². The Kier molecular flexibility index (Phi) is 3.88. The van der Waals surface area contributed by atoms with E-state index in [0.717, 1.165) is 0 Å². The summed E-state index contributed by atoms with van der Waals surface area (Å²) in [5.41, 5.74) is 0. The summed E-state index contributed by atoms with van der Waals surface area (Å²) in [5.74, 6) is -0.536. The van der Waals surface area contributed by atoms with Crippen LogP contribution in [0.2, 0.25) is 0 Å². The van der Waals surface area contributed by atoms with E-state index in [1.54, 1.807) is 6.92 Å². The van der Waals surface area contributed by atoms with Gasteiger partial charge in [0.05, 0.1) is 5.75 Å². The van der Waals surface area contributed by atoms with Crippen LogP contribution in [0, 0.1) is 5.92 Å². The monoisotopic (exact) mass is 233 g/mol. The molecule has 1 fully saturated rings. The smallest absolute Gasteiger partial charge is 0.303 e. The Balaban J connectivity index is 2.46. The minimum atomic E-state index is -0.845. The minimum Gasteiger partial charge on any atom is -0.481 e. The topological polar surface area (TPSA) is 57.6 Å². The zero-order valence-electron chi connectivity index (χ0n) is 7.73. The SMILES string of the molecule is CC(CC(=O)O)CN1C(=O)CSC1=S. The molecule has 1 atom stereocenters. The Morgan fingerprint density at radius 3 is 2.86 bits per heavy atom. The van der Waals surface area contributed by atoms with Crippen LogP contribution in [0.15, 0.2) is 0 Å². The first-order valence-electron chi connectivity index (χ1n) is 4.19. The number of aliphatic carboxylic acids is 1. The molecule has 0 spiro atoms. The predicted molar refractivity (Wildman–Crippen MR) is 58.2 cm³/mol. The van der Waals surface area contributed by atoms with E-state index in [1.165, 1.54) is 16.7 Å². The Labute approximate surface area is 91.6 Å². The van der Waals surface area contributed by atoms with E-state index in [-0.39, 0.29) is 18.2 Å². The van der Waals surface area contributed by atoms with Gasteiger partial charge in [0.25, 0.3) is 0 Å². The Morgan fingerprint density at radius 1 is 1.79 bits per heavy atom. The number of amides is 1. The summed E-state index contributed by atoms with van der Waals surface area (Å²) in [6.45, 7) is 2.21. The van der Waals surface area contributed by atoms with Crippen LogP contribution < -0.4 is 0 Å². The first-order chi connectivity index (χ1) is 6.50. The van der Waals surface area contributed by atoms with Crippen molar-refractivity contribution in [2.75, 3.05) is 12.3 Å². The summed E-state index contributed by atoms with van der Waals surface area (Å²) in [7, 11) is 0. The molecule has 0 aliphatic carbocycles. The van der Waals surface area contributed by atoms with Gasteiger partial charge in [-0.3, -0.25) is 14.5 Å². The average Bonchev–Trinajstić information content (AvgIpc) is 2.34. The third-order valence-electron chi connectivity index (χ3n) is 1.86. The number of carbonyl (C=O) groups is 2. The predicted octanol–water partition coefficient (Wildman–Crippen LogP) is 0.957. The molecule has 0 aromatic carbocycles. The number of hydrogen-bond donors (Lipinski definition) is 1. The van der Waals surface area contributed by atoms with E-state index < -0.39 is 5.97 Å². The molecule has 1 heterocycles. The van der Waals surface area contributed by atoms with E-state index in [9.17, 15) is 9.59 Å². The second-order valence-electron chi connectivity index (χ2n) is 3.26. The molecule has 1 aliphatic heterocycles. The molecule has 1 amide bonds. The van der Waals surface area contributed by atoms with Gasteiger partial charge in [0.1, 0.15) is 4.32 Å². The molecular weight excluding hydrogens is 222 g/mol. The van der Waals surface area contributed by atoms with Crippen molar-refractivity contribution in [1.29, 1.82) is 0 Å². The molecule has 0 aromatic heterocycles. The fraction of sp³-hybridized carbons (Fsp3) is 0.625. The lowest BCUT2D eigenvalue weighted by atomic mass is 10.1. The lowest BCUT2D eigenvalue weighted by Crippen LogP contribution is -2.33. The van der Waals surface area contributed by atoms with Gasteiger partial charge >= 0.3 is 5.97 Å². The third-order valence-corrected chi connectivity index (χ3v) is 3.29. The summed E-state index contributed by atoms with van der Waals surface area (Å²) >= 11 is 6.30. The summed E-state index contributed by atoms with van der Waals surface area (Å²) in [4.78, 5) is 23.2. The maximum absolute atomic E-state index is 11.3. The van der Waals surface area contributed by atoms with Crippen molar-refractivity contribution >= 4 is 40.2 Å². The van der Waals surface area contributed by atoms with Crippen LogP contribution in [0.25, 0.3) is 0 Å². The number of rotatable bonds is 4. The lowest BCUT2D eigenvalue weighted by Gasteiger charge is -2.18. The van der Waals surface area contributed by atoms with Gasteiger partial charge in [-0.05, 0) is 5.92 Å². The number of carboxylic acid groups (broad SMARTS) is 1. The van der Waals surface area contributed by atoms with Crippen LogP contribution in [-0.4, -0.2) is 38.5 Å². The number of carboxylic acids is 1. The Bertz CT molecular complexity index is 264. The van der Waals surface area contributed by atoms with Crippen molar-refractivity contribution in [3.05, 3.63) is 0 Å². The first kappa shape index (κ1) is 11.5. The van der Waals surface area contributed by atoms with Crippen molar-refractivity contribution in [1.82, 2.24) is 4.90 Å². The van der Waals surface area contributed by atoms with Crippen LogP contribution >= 0.6 is 24.0 Å². The van der Waals surface area contributed by atoms with Crippen molar-refractivity contribution in [2.45, 2.75) is 13.3 Å². The van der Waals surface area contributed by atoms with Crippen LogP contribution in [0.1, 0.15) is 13.3 Å². The summed E-state index contributed by atoms with van der Waals surface area (Å²) < 4.78 is 0.562. The van der Waals surface area contributed by atoms with Crippen molar-refractivity contribution in [2.24, 2.45) is 5.92 Å². The molecule has 0 saturated carbocycles. The highest BCUT2D eigenvalue weighted by atomic mass is 32.2. The van der Waals surface area contributed by atoms with Gasteiger partial charge in [-0.25, -0.2) is 0 Å². The average molecular weight is 233 g/mol. The van der Waals surface area contributed by atoms with Crippen molar-refractivity contribution < 1.29 is 14.7 Å². The van der Waals surface area contributed by atoms with E-state index in [0.29, 0.717) is 16.6 Å². The zero-order chi connectivity index (χ0) is 10.7. The summed E-state index contributed by atoms with van der Waals surface area (Å²) in [5, 5.41) is 8.55. The number of hydrogen-bond acceptors (Lipinski definition) is 4. The highest BCUT2D eigenvalue weighted by Gasteiger charge is 2.28. The molecule has 14 heavy (non-hydrogen) atoms. The van der Waals surface area contributed by atoms with Gasteiger partial charge in [-0.15, -0.1) is 0 Å². The molecule has 1 unspecified atom stereocenters. The van der Waals surface area contributed by atoms with Crippen LogP contribution in [0.3, 0.4) is 0 Å². The molecule has 1 rings (SSSR count). The molecule has 0 radical (unpaired) electrons. The highest BCUT2D eigenvalue weighted by molar-refractivity contribution is 8.23. The molecule has 78 valence electrons. The molecule has 1 aliphatic rings. The van der Waals surface area contributed by atoms with Crippen LogP contribution in [-0.2, 0) is 9.59 Å². The number of thiocarbonyl (C=S) groups is 1. The quantitative estimate of drug-likeness (QED) is 0.733. The Hall–Kier alpha value is -0.620. The van der Waals surface area contributed by atoms with Crippen LogP contribution in [0.4, 0.5) is 0 Å². The largest absolute Gasteiger partial charge is 0.481 e. The molecule has 4 nitrogen and oxygen atoms in total. The first-order valence-corrected chi connectivity index (χ1v) is 5.59. The normalized spacial score (nSPS) is 18.8. The number of thioether (sulfide) groups is 1. The molecule has 0 aromatic rings. The molecule has 1 N–H and O–H groups in total. The molecule has 6 heteroatoms. The maximum atomic E-state index is 11.3. The van der Waals surface area contributed by atoms with E-state index >= 15 is 0 Å². The standard InChI is InChI=1S/C8H11NO3S2/c1-5(2-7(11)12)3-9-6(10)4-14-8(9)13/h5H,2-4H2,1H3,(H,11,12). The van der Waals surface area contributed by atoms with E-state index in [4.69, 9.17) is 17.3 Å². The van der Waals surface area contributed by atoms with Gasteiger partial charge in [-0.1, -0.05) is 30.9 Å². The fourth-order valence-electron chi connectivity index (χ4n) is 1.23. The van der Waals surface area contributed by atoms with Gasteiger partial charge in [-0.2, -0.15) is 0 Å². The number of carbonyl (C=O) groups excluding carboxylic acids is 1. The van der Waals surface area contributed by atoms with Gasteiger partial charge in [0, 0.05) is 13.0 Å². The van der Waals surface area contributed by atoms with Gasteiger partial charge < -0.3 is 5.11 Å². The van der Waals surface area contributed by atoms with Gasteiger partial charge in [0.2, 0.25) is 5.91 Å². The molecule has 1 saturated heterocycles. The highest BCUT2D eigenvalue weighted by Crippen LogP contribution is 2.21. The zero-order valence-corrected chi connectivity index (χ0v) is 9.36. The summed E-state index contributed by atoms with van der Waals surface area (Å²) in [6.07, 6.45) is 0.0665. The second kappa shape index (κ2) is 4.75.